The molecule has 0 aliphatic heterocycles. The largest absolute Gasteiger partial charge is 0.277 e. The monoisotopic (exact) mass is 445 g/mol. The van der Waals surface area contributed by atoms with Crippen molar-refractivity contribution in [1.29, 1.82) is 0 Å². The van der Waals surface area contributed by atoms with E-state index in [2.05, 4.69) is 36.2 Å². The molecule has 0 bridgehead atoms. The Morgan fingerprint density at radius 2 is 2.00 bits per heavy atom. The van der Waals surface area contributed by atoms with E-state index in [1.807, 2.05) is 0 Å². The maximum Gasteiger partial charge on any atom is 0.263 e. The molecule has 1 N–H and O–H groups in total. The fraction of sp³-hybridized carbons (Fsp3) is 0.0714. The number of aryl methyl sites for hydroxylation is 1. The standard InChI is InChI=1S/C14H10BrClFN5O2S/c1-8-18-20-21-22(8)10-3-4-12(17)13(7-10)19-25(23,24)14-5-2-9(15)6-11(14)16/h2-7,19H,1H3. The second-order valence-corrected chi connectivity index (χ2v) is 7.96. The normalized spacial score (nSPS) is 11.5. The van der Waals surface area contributed by atoms with E-state index in [0.717, 1.165) is 6.07 Å². The SMILES string of the molecule is Cc1nnnn1-c1ccc(F)c(NS(=O)(=O)c2ccc(Br)cc2Cl)c1. The number of halogens is 3. The lowest BCUT2D eigenvalue weighted by Crippen LogP contribution is -2.15. The van der Waals surface area contributed by atoms with Gasteiger partial charge in [0.1, 0.15) is 10.7 Å². The van der Waals surface area contributed by atoms with E-state index in [-0.39, 0.29) is 15.6 Å². The third-order valence-electron chi connectivity index (χ3n) is 3.25. The minimum absolute atomic E-state index is 0.00904. The van der Waals surface area contributed by atoms with Crippen LogP contribution in [0.4, 0.5) is 10.1 Å². The zero-order valence-electron chi connectivity index (χ0n) is 12.6. The van der Waals surface area contributed by atoms with Crippen molar-refractivity contribution < 1.29 is 12.8 Å². The summed E-state index contributed by atoms with van der Waals surface area (Å²) in [5, 5.41) is 11.0. The van der Waals surface area contributed by atoms with Gasteiger partial charge < -0.3 is 0 Å². The Hall–Kier alpha value is -2.04. The molecule has 1 heterocycles. The molecule has 2 aromatic carbocycles. The van der Waals surface area contributed by atoms with Gasteiger partial charge in [-0.1, -0.05) is 27.5 Å². The van der Waals surface area contributed by atoms with E-state index >= 15 is 0 Å². The van der Waals surface area contributed by atoms with Crippen molar-refractivity contribution in [1.82, 2.24) is 20.2 Å². The van der Waals surface area contributed by atoms with Crippen LogP contribution in [0.1, 0.15) is 5.82 Å². The summed E-state index contributed by atoms with van der Waals surface area (Å²) in [6, 6.07) is 8.14. The lowest BCUT2D eigenvalue weighted by Gasteiger charge is -2.12. The van der Waals surface area contributed by atoms with Crippen molar-refractivity contribution in [3.05, 3.63) is 57.5 Å². The van der Waals surface area contributed by atoms with Crippen LogP contribution in [0.3, 0.4) is 0 Å². The van der Waals surface area contributed by atoms with Crippen LogP contribution in [0.5, 0.6) is 0 Å². The van der Waals surface area contributed by atoms with E-state index in [4.69, 9.17) is 11.6 Å². The minimum Gasteiger partial charge on any atom is -0.277 e. The summed E-state index contributed by atoms with van der Waals surface area (Å²) in [5.74, 6) is -0.275. The summed E-state index contributed by atoms with van der Waals surface area (Å²) in [6.07, 6.45) is 0. The highest BCUT2D eigenvalue weighted by atomic mass is 79.9. The van der Waals surface area contributed by atoms with E-state index in [0.29, 0.717) is 16.0 Å². The van der Waals surface area contributed by atoms with Crippen LogP contribution < -0.4 is 4.72 Å². The first-order valence-electron chi connectivity index (χ1n) is 6.81. The molecule has 0 saturated carbocycles. The van der Waals surface area contributed by atoms with Crippen LogP contribution in [-0.4, -0.2) is 28.6 Å². The molecule has 0 atom stereocenters. The molecule has 0 radical (unpaired) electrons. The number of hydrogen-bond donors (Lipinski definition) is 1. The van der Waals surface area contributed by atoms with Crippen molar-refractivity contribution in [2.75, 3.05) is 4.72 Å². The Bertz CT molecular complexity index is 1060. The number of rotatable bonds is 4. The van der Waals surface area contributed by atoms with E-state index in [1.54, 1.807) is 6.92 Å². The molecule has 0 aliphatic rings. The highest BCUT2D eigenvalue weighted by Crippen LogP contribution is 2.28. The molecule has 0 unspecified atom stereocenters. The number of anilines is 1. The highest BCUT2D eigenvalue weighted by Gasteiger charge is 2.20. The van der Waals surface area contributed by atoms with Gasteiger partial charge in [-0.05, 0) is 53.7 Å². The van der Waals surface area contributed by atoms with Gasteiger partial charge in [0.2, 0.25) is 0 Å². The molecule has 3 aromatic rings. The lowest BCUT2D eigenvalue weighted by molar-refractivity contribution is 0.598. The van der Waals surface area contributed by atoms with Gasteiger partial charge in [0.15, 0.2) is 5.82 Å². The maximum atomic E-state index is 14.1. The molecule has 0 amide bonds. The number of aromatic nitrogens is 4. The summed E-state index contributed by atoms with van der Waals surface area (Å²) >= 11 is 9.18. The number of hydrogen-bond acceptors (Lipinski definition) is 5. The van der Waals surface area contributed by atoms with Crippen molar-refractivity contribution in [3.8, 4) is 5.69 Å². The Morgan fingerprint density at radius 1 is 1.24 bits per heavy atom. The Morgan fingerprint density at radius 3 is 2.64 bits per heavy atom. The molecule has 1 aromatic heterocycles. The quantitative estimate of drug-likeness (QED) is 0.664. The number of benzene rings is 2. The van der Waals surface area contributed by atoms with Crippen molar-refractivity contribution in [3.63, 3.8) is 0 Å². The van der Waals surface area contributed by atoms with Gasteiger partial charge >= 0.3 is 0 Å². The first-order chi connectivity index (χ1) is 11.8. The van der Waals surface area contributed by atoms with E-state index < -0.39 is 15.8 Å². The number of tetrazole rings is 1. The van der Waals surface area contributed by atoms with Crippen molar-refractivity contribution in [2.45, 2.75) is 11.8 Å². The predicted octanol–water partition coefficient (Wildman–Crippen LogP) is 3.33. The molecule has 3 rings (SSSR count). The molecule has 11 heteroatoms. The van der Waals surface area contributed by atoms with Crippen LogP contribution >= 0.6 is 27.5 Å². The van der Waals surface area contributed by atoms with Gasteiger partial charge in [0, 0.05) is 4.47 Å². The fourth-order valence-electron chi connectivity index (χ4n) is 2.09. The summed E-state index contributed by atoms with van der Waals surface area (Å²) in [5.41, 5.74) is 0.162. The van der Waals surface area contributed by atoms with Crippen molar-refractivity contribution >= 4 is 43.2 Å². The second kappa shape index (κ2) is 6.70. The molecule has 0 spiro atoms. The molecule has 130 valence electrons. The van der Waals surface area contributed by atoms with Crippen LogP contribution in [0, 0.1) is 12.7 Å². The Balaban J connectivity index is 2.01. The Kier molecular flexibility index (Phi) is 4.76. The van der Waals surface area contributed by atoms with Gasteiger partial charge in [-0.25, -0.2) is 12.8 Å². The van der Waals surface area contributed by atoms with Gasteiger partial charge in [-0.2, -0.15) is 4.68 Å². The van der Waals surface area contributed by atoms with Crippen LogP contribution in [-0.2, 0) is 10.0 Å². The number of nitrogens with one attached hydrogen (secondary N) is 1. The molecule has 0 fully saturated rings. The first-order valence-corrected chi connectivity index (χ1v) is 9.46. The van der Waals surface area contributed by atoms with Crippen LogP contribution in [0.2, 0.25) is 5.02 Å². The van der Waals surface area contributed by atoms with Crippen LogP contribution in [0.15, 0.2) is 45.8 Å². The van der Waals surface area contributed by atoms with Gasteiger partial charge in [-0.3, -0.25) is 4.72 Å². The molecule has 25 heavy (non-hydrogen) atoms. The van der Waals surface area contributed by atoms with Crippen LogP contribution in [0.25, 0.3) is 5.69 Å². The summed E-state index contributed by atoms with van der Waals surface area (Å²) in [6.45, 7) is 1.66. The molecular weight excluding hydrogens is 437 g/mol. The van der Waals surface area contributed by atoms with Gasteiger partial charge in [0.05, 0.1) is 16.4 Å². The maximum absolute atomic E-state index is 14.1. The summed E-state index contributed by atoms with van der Waals surface area (Å²) < 4.78 is 43.3. The average molecular weight is 447 g/mol. The first kappa shape index (κ1) is 17.8. The summed E-state index contributed by atoms with van der Waals surface area (Å²) in [4.78, 5) is -0.166. The van der Waals surface area contributed by atoms with Gasteiger partial charge in [-0.15, -0.1) is 5.10 Å². The predicted molar refractivity (Wildman–Crippen MR) is 93.8 cm³/mol. The zero-order valence-corrected chi connectivity index (χ0v) is 15.8. The molecule has 0 aliphatic carbocycles. The topological polar surface area (TPSA) is 89.8 Å². The molecule has 0 saturated heterocycles. The zero-order chi connectivity index (χ0) is 18.2. The lowest BCUT2D eigenvalue weighted by atomic mass is 10.2. The minimum atomic E-state index is -4.08. The number of nitrogens with zero attached hydrogens (tertiary/aromatic N) is 4. The highest BCUT2D eigenvalue weighted by molar-refractivity contribution is 9.10. The molecule has 7 nitrogen and oxygen atoms in total. The fourth-order valence-corrected chi connectivity index (χ4v) is 4.18. The second-order valence-electron chi connectivity index (χ2n) is 4.98. The third kappa shape index (κ3) is 3.65. The smallest absolute Gasteiger partial charge is 0.263 e. The van der Waals surface area contributed by atoms with Crippen molar-refractivity contribution in [2.24, 2.45) is 0 Å². The third-order valence-corrected chi connectivity index (χ3v) is 5.59. The number of sulfonamides is 1. The summed E-state index contributed by atoms with van der Waals surface area (Å²) in [7, 11) is -4.08. The van der Waals surface area contributed by atoms with E-state index in [9.17, 15) is 12.8 Å². The van der Waals surface area contributed by atoms with E-state index in [1.165, 1.54) is 35.0 Å². The van der Waals surface area contributed by atoms with Gasteiger partial charge in [0.25, 0.3) is 10.0 Å². The Labute approximate surface area is 156 Å². The average Bonchev–Trinajstić information content (AvgIpc) is 2.95. The molecular formula is C14H10BrClFN5O2S.